The maximum absolute atomic E-state index is 14.3. The summed E-state index contributed by atoms with van der Waals surface area (Å²) in [5.74, 6) is 2.61. The molecule has 44 heavy (non-hydrogen) atoms. The molecule has 3 aliphatic carbocycles. The highest BCUT2D eigenvalue weighted by Gasteiger charge is 2.34. The lowest BCUT2D eigenvalue weighted by Gasteiger charge is -2.36. The number of carbonyl (C=O) groups is 1. The van der Waals surface area contributed by atoms with Crippen molar-refractivity contribution in [2.75, 3.05) is 24.8 Å². The summed E-state index contributed by atoms with van der Waals surface area (Å²) in [4.78, 5) is 22.2. The van der Waals surface area contributed by atoms with Crippen molar-refractivity contribution in [3.8, 4) is 16.2 Å². The zero-order chi connectivity index (χ0) is 30.8. The fourth-order valence-electron chi connectivity index (χ4n) is 7.16. The highest BCUT2D eigenvalue weighted by atomic mass is 32.2. The number of hydrogen-bond donors (Lipinski definition) is 1. The maximum atomic E-state index is 14.3. The van der Waals surface area contributed by atoms with Crippen molar-refractivity contribution in [1.29, 1.82) is 0 Å². The largest absolute Gasteiger partial charge is 0.496 e. The number of sulfonamides is 1. The van der Waals surface area contributed by atoms with Crippen LogP contribution in [0.3, 0.4) is 0 Å². The summed E-state index contributed by atoms with van der Waals surface area (Å²) in [7, 11) is -1.54. The molecule has 6 rings (SSSR count). The molecule has 3 aliphatic rings. The number of amides is 1. The van der Waals surface area contributed by atoms with Crippen molar-refractivity contribution in [3.05, 3.63) is 64.8 Å². The molecule has 0 bridgehead atoms. The van der Waals surface area contributed by atoms with Gasteiger partial charge in [0.05, 0.1) is 23.3 Å². The van der Waals surface area contributed by atoms with Gasteiger partial charge >= 0.3 is 0 Å². The van der Waals surface area contributed by atoms with Gasteiger partial charge in [-0.3, -0.25) is 4.79 Å². The van der Waals surface area contributed by atoms with Crippen LogP contribution in [-0.2, 0) is 14.8 Å². The monoisotopic (exact) mass is 635 g/mol. The van der Waals surface area contributed by atoms with Crippen LogP contribution in [-0.4, -0.2) is 45.3 Å². The van der Waals surface area contributed by atoms with E-state index in [0.717, 1.165) is 47.6 Å². The minimum absolute atomic E-state index is 0.0883. The Morgan fingerprint density at radius 2 is 1.70 bits per heavy atom. The molecule has 0 saturated heterocycles. The van der Waals surface area contributed by atoms with Gasteiger partial charge < -0.3 is 9.64 Å². The number of hydrogen-bond acceptors (Lipinski definition) is 6. The standard InChI is InChI=1S/C35H45N3O4S2/c1-23-19-28(15-18-32(23)42-2)25-9-7-24(8-10-25)22-38(35(39)27-13-16-30(17-14-27)37-44(3,40)41)31-6-4-5-29(20-31)33-21-36-34(43-33)26-11-12-26/h4-6,15,18-21,24-27,30,37H,7-14,16-17,22H2,1-3H3/t24-,25-,27-,30-. The third-order valence-electron chi connectivity index (χ3n) is 9.79. The summed E-state index contributed by atoms with van der Waals surface area (Å²) in [6.45, 7) is 2.82. The van der Waals surface area contributed by atoms with Crippen LogP contribution in [0.5, 0.6) is 5.75 Å². The second kappa shape index (κ2) is 13.3. The van der Waals surface area contributed by atoms with Crippen LogP contribution in [0.25, 0.3) is 10.4 Å². The summed E-state index contributed by atoms with van der Waals surface area (Å²) in [6.07, 6.45) is 12.8. The molecule has 1 heterocycles. The van der Waals surface area contributed by atoms with Crippen molar-refractivity contribution in [1.82, 2.24) is 9.71 Å². The van der Waals surface area contributed by atoms with Crippen molar-refractivity contribution in [3.63, 3.8) is 0 Å². The van der Waals surface area contributed by atoms with Crippen LogP contribution in [0.2, 0.25) is 0 Å². The number of methoxy groups -OCH3 is 1. The molecular weight excluding hydrogens is 591 g/mol. The molecule has 1 N–H and O–H groups in total. The van der Waals surface area contributed by atoms with Crippen molar-refractivity contribution < 1.29 is 17.9 Å². The predicted molar refractivity (Wildman–Crippen MR) is 178 cm³/mol. The molecule has 236 valence electrons. The van der Waals surface area contributed by atoms with E-state index in [1.54, 1.807) is 18.4 Å². The van der Waals surface area contributed by atoms with E-state index in [4.69, 9.17) is 9.72 Å². The van der Waals surface area contributed by atoms with E-state index >= 15 is 0 Å². The number of ether oxygens (including phenoxy) is 1. The quantitative estimate of drug-likeness (QED) is 0.251. The molecule has 0 radical (unpaired) electrons. The molecule has 9 heteroatoms. The lowest BCUT2D eigenvalue weighted by Crippen LogP contribution is -2.44. The molecule has 2 aromatic carbocycles. The van der Waals surface area contributed by atoms with Gasteiger partial charge in [0.25, 0.3) is 0 Å². The fraction of sp³-hybridized carbons (Fsp3) is 0.543. The Kier molecular flexibility index (Phi) is 9.45. The van der Waals surface area contributed by atoms with Gasteiger partial charge in [0, 0.05) is 36.3 Å². The van der Waals surface area contributed by atoms with E-state index in [0.29, 0.717) is 50.0 Å². The molecule has 3 aromatic rings. The Labute approximate surface area is 266 Å². The van der Waals surface area contributed by atoms with E-state index in [9.17, 15) is 13.2 Å². The Balaban J connectivity index is 1.18. The van der Waals surface area contributed by atoms with Gasteiger partial charge in [-0.25, -0.2) is 18.1 Å². The van der Waals surface area contributed by atoms with Gasteiger partial charge in [0.15, 0.2) is 0 Å². The molecule has 3 saturated carbocycles. The van der Waals surface area contributed by atoms with Gasteiger partial charge in [-0.05, 0) is 118 Å². The van der Waals surface area contributed by atoms with Crippen molar-refractivity contribution in [2.24, 2.45) is 11.8 Å². The number of aryl methyl sites for hydroxylation is 1. The molecular formula is C35H45N3O4S2. The number of benzene rings is 2. The minimum Gasteiger partial charge on any atom is -0.496 e. The van der Waals surface area contributed by atoms with Crippen LogP contribution >= 0.6 is 11.3 Å². The van der Waals surface area contributed by atoms with Crippen LogP contribution < -0.4 is 14.4 Å². The molecule has 0 spiro atoms. The Morgan fingerprint density at radius 3 is 2.36 bits per heavy atom. The summed E-state index contributed by atoms with van der Waals surface area (Å²) in [5.41, 5.74) is 4.63. The number of nitrogens with one attached hydrogen (secondary N) is 1. The van der Waals surface area contributed by atoms with Gasteiger partial charge in [0.2, 0.25) is 15.9 Å². The topological polar surface area (TPSA) is 88.6 Å². The van der Waals surface area contributed by atoms with E-state index in [2.05, 4.69) is 59.0 Å². The predicted octanol–water partition coefficient (Wildman–Crippen LogP) is 7.42. The molecule has 1 aromatic heterocycles. The first-order chi connectivity index (χ1) is 21.2. The minimum atomic E-state index is -3.26. The van der Waals surface area contributed by atoms with E-state index in [1.807, 2.05) is 6.20 Å². The summed E-state index contributed by atoms with van der Waals surface area (Å²) >= 11 is 1.78. The second-order valence-electron chi connectivity index (χ2n) is 13.2. The van der Waals surface area contributed by atoms with Crippen LogP contribution in [0.4, 0.5) is 5.69 Å². The first-order valence-corrected chi connectivity index (χ1v) is 18.9. The Morgan fingerprint density at radius 1 is 0.977 bits per heavy atom. The highest BCUT2D eigenvalue weighted by Crippen LogP contribution is 2.44. The van der Waals surface area contributed by atoms with E-state index in [-0.39, 0.29) is 17.9 Å². The van der Waals surface area contributed by atoms with Gasteiger partial charge in [-0.2, -0.15) is 0 Å². The van der Waals surface area contributed by atoms with Crippen molar-refractivity contribution in [2.45, 2.75) is 89.0 Å². The normalized spacial score (nSPS) is 24.2. The Hall–Kier alpha value is -2.75. The number of rotatable bonds is 10. The van der Waals surface area contributed by atoms with Gasteiger partial charge in [0.1, 0.15) is 5.75 Å². The Bertz CT molecular complexity index is 1570. The number of anilines is 1. The zero-order valence-corrected chi connectivity index (χ0v) is 27.8. The number of carbonyl (C=O) groups excluding carboxylic acids is 1. The van der Waals surface area contributed by atoms with Crippen LogP contribution in [0.1, 0.15) is 92.2 Å². The number of nitrogens with zero attached hydrogens (tertiary/aromatic N) is 2. The highest BCUT2D eigenvalue weighted by molar-refractivity contribution is 7.88. The summed E-state index contributed by atoms with van der Waals surface area (Å²) in [5, 5.41) is 1.22. The summed E-state index contributed by atoms with van der Waals surface area (Å²) in [6, 6.07) is 14.9. The lowest BCUT2D eigenvalue weighted by atomic mass is 9.78. The van der Waals surface area contributed by atoms with E-state index < -0.39 is 10.0 Å². The number of thiazole rings is 1. The third kappa shape index (κ3) is 7.54. The van der Waals surface area contributed by atoms with Crippen LogP contribution in [0, 0.1) is 18.8 Å². The fourth-order valence-corrected chi connectivity index (χ4v) is 9.09. The zero-order valence-electron chi connectivity index (χ0n) is 26.1. The summed E-state index contributed by atoms with van der Waals surface area (Å²) < 4.78 is 31.8. The third-order valence-corrected chi connectivity index (χ3v) is 11.8. The van der Waals surface area contributed by atoms with Crippen LogP contribution in [0.15, 0.2) is 48.7 Å². The molecule has 0 unspecified atom stereocenters. The second-order valence-corrected chi connectivity index (χ2v) is 16.1. The molecule has 3 fully saturated rings. The smallest absolute Gasteiger partial charge is 0.230 e. The SMILES string of the molecule is COc1ccc([C@H]2CC[C@H](CN(c3cccc(-c4cnc(C5CC5)s4)c3)C(=O)[C@H]3CC[C@H](NS(C)(=O)=O)CC3)CC2)cc1C. The average Bonchev–Trinajstić information content (AvgIpc) is 3.75. The maximum Gasteiger partial charge on any atom is 0.230 e. The van der Waals surface area contributed by atoms with Gasteiger partial charge in [-0.15, -0.1) is 11.3 Å². The first-order valence-electron chi connectivity index (χ1n) is 16.2. The average molecular weight is 636 g/mol. The molecule has 0 atom stereocenters. The van der Waals surface area contributed by atoms with Gasteiger partial charge in [-0.1, -0.05) is 24.3 Å². The molecule has 0 aliphatic heterocycles. The molecule has 7 nitrogen and oxygen atoms in total. The van der Waals surface area contributed by atoms with Crippen molar-refractivity contribution >= 4 is 33.0 Å². The molecule has 1 amide bonds. The first kappa shape index (κ1) is 31.2. The number of aromatic nitrogens is 1. The van der Waals surface area contributed by atoms with E-state index in [1.165, 1.54) is 35.2 Å². The lowest BCUT2D eigenvalue weighted by molar-refractivity contribution is -0.123.